The maximum Gasteiger partial charge on any atom is 0.252 e. The van der Waals surface area contributed by atoms with Crippen LogP contribution in [-0.4, -0.2) is 32.0 Å². The van der Waals surface area contributed by atoms with E-state index in [0.717, 1.165) is 13.0 Å². The quantitative estimate of drug-likeness (QED) is 0.794. The van der Waals surface area contributed by atoms with Crippen LogP contribution in [0.25, 0.3) is 0 Å². The molecule has 5 nitrogen and oxygen atoms in total. The molecule has 0 bridgehead atoms. The van der Waals surface area contributed by atoms with Crippen molar-refractivity contribution in [2.75, 3.05) is 25.5 Å². The van der Waals surface area contributed by atoms with Crippen LogP contribution in [0.4, 0.5) is 5.69 Å². The molecule has 7 heteroatoms. The van der Waals surface area contributed by atoms with Gasteiger partial charge in [0.15, 0.2) is 0 Å². The Bertz CT molecular complexity index is 502. The lowest BCUT2D eigenvalue weighted by atomic mass is 10.1. The molecule has 1 heterocycles. The van der Waals surface area contributed by atoms with E-state index >= 15 is 0 Å². The standard InChI is InChI=1S/C13H16ClN3O2.ClH/c1-15-13(19)10-3-2-9(6-11(10)14)17-12(18)8-4-5-16-7-8;/h2-3,6,8,16H,4-5,7H2,1H3,(H,15,19)(H,17,18);1H. The molecule has 2 amide bonds. The number of hydrogen-bond acceptors (Lipinski definition) is 3. The maximum absolute atomic E-state index is 11.9. The summed E-state index contributed by atoms with van der Waals surface area (Å²) in [4.78, 5) is 23.4. The number of benzene rings is 1. The van der Waals surface area contributed by atoms with Gasteiger partial charge in [0, 0.05) is 19.3 Å². The maximum atomic E-state index is 11.9. The third-order valence-electron chi connectivity index (χ3n) is 3.14. The SMILES string of the molecule is CNC(=O)c1ccc(NC(=O)C2CCNC2)cc1Cl.Cl. The van der Waals surface area contributed by atoms with Crippen molar-refractivity contribution >= 4 is 41.5 Å². The summed E-state index contributed by atoms with van der Waals surface area (Å²) in [6.07, 6.45) is 0.843. The Morgan fingerprint density at radius 2 is 2.15 bits per heavy atom. The van der Waals surface area contributed by atoms with E-state index in [2.05, 4.69) is 16.0 Å². The first kappa shape index (κ1) is 16.8. The van der Waals surface area contributed by atoms with Crippen LogP contribution in [0.1, 0.15) is 16.8 Å². The summed E-state index contributed by atoms with van der Waals surface area (Å²) in [5.41, 5.74) is 0.999. The molecule has 0 spiro atoms. The molecule has 3 N–H and O–H groups in total. The molecule has 1 saturated heterocycles. The molecular weight excluding hydrogens is 301 g/mol. The number of carbonyl (C=O) groups is 2. The van der Waals surface area contributed by atoms with Crippen molar-refractivity contribution in [2.45, 2.75) is 6.42 Å². The lowest BCUT2D eigenvalue weighted by molar-refractivity contribution is -0.119. The van der Waals surface area contributed by atoms with Crippen LogP contribution >= 0.6 is 24.0 Å². The van der Waals surface area contributed by atoms with Crippen LogP contribution in [0, 0.1) is 5.92 Å². The van der Waals surface area contributed by atoms with Gasteiger partial charge in [-0.3, -0.25) is 9.59 Å². The van der Waals surface area contributed by atoms with E-state index in [0.29, 0.717) is 22.8 Å². The van der Waals surface area contributed by atoms with Gasteiger partial charge in [0.05, 0.1) is 16.5 Å². The molecule has 0 aliphatic carbocycles. The van der Waals surface area contributed by atoms with Gasteiger partial charge < -0.3 is 16.0 Å². The number of amides is 2. The zero-order chi connectivity index (χ0) is 13.8. The summed E-state index contributed by atoms with van der Waals surface area (Å²) in [6, 6.07) is 4.87. The zero-order valence-electron chi connectivity index (χ0n) is 11.0. The van der Waals surface area contributed by atoms with Crippen molar-refractivity contribution in [3.63, 3.8) is 0 Å². The highest BCUT2D eigenvalue weighted by atomic mass is 35.5. The smallest absolute Gasteiger partial charge is 0.252 e. The second-order valence-electron chi connectivity index (χ2n) is 4.45. The highest BCUT2D eigenvalue weighted by Gasteiger charge is 2.22. The van der Waals surface area contributed by atoms with Gasteiger partial charge in [-0.15, -0.1) is 12.4 Å². The van der Waals surface area contributed by atoms with Gasteiger partial charge in [0.25, 0.3) is 5.91 Å². The zero-order valence-corrected chi connectivity index (χ0v) is 12.6. The summed E-state index contributed by atoms with van der Waals surface area (Å²) in [5.74, 6) is -0.269. The minimum atomic E-state index is -0.247. The van der Waals surface area contributed by atoms with E-state index in [1.54, 1.807) is 25.2 Å². The molecule has 1 fully saturated rings. The van der Waals surface area contributed by atoms with Crippen LogP contribution < -0.4 is 16.0 Å². The minimum Gasteiger partial charge on any atom is -0.355 e. The summed E-state index contributed by atoms with van der Waals surface area (Å²) < 4.78 is 0. The van der Waals surface area contributed by atoms with Crippen LogP contribution in [0.5, 0.6) is 0 Å². The topological polar surface area (TPSA) is 70.2 Å². The molecular formula is C13H17Cl2N3O2. The van der Waals surface area contributed by atoms with Gasteiger partial charge in [-0.1, -0.05) is 11.6 Å². The Balaban J connectivity index is 0.00000200. The fraction of sp³-hybridized carbons (Fsp3) is 0.385. The van der Waals surface area contributed by atoms with Crippen LogP contribution in [0.2, 0.25) is 5.02 Å². The lowest BCUT2D eigenvalue weighted by Crippen LogP contribution is -2.24. The summed E-state index contributed by atoms with van der Waals surface area (Å²) >= 11 is 6.02. The minimum absolute atomic E-state index is 0. The number of halogens is 2. The molecule has 0 saturated carbocycles. The Hall–Kier alpha value is -1.30. The summed E-state index contributed by atoms with van der Waals surface area (Å²) in [5, 5.41) is 8.79. The molecule has 1 aliphatic rings. The number of rotatable bonds is 3. The Labute approximate surface area is 128 Å². The first-order valence-electron chi connectivity index (χ1n) is 6.15. The van der Waals surface area contributed by atoms with Gasteiger partial charge in [-0.25, -0.2) is 0 Å². The second-order valence-corrected chi connectivity index (χ2v) is 4.86. The molecule has 1 aromatic rings. The second kappa shape index (κ2) is 7.47. The van der Waals surface area contributed by atoms with Crippen molar-refractivity contribution in [1.29, 1.82) is 0 Å². The van der Waals surface area contributed by atoms with Crippen molar-refractivity contribution in [3.05, 3.63) is 28.8 Å². The van der Waals surface area contributed by atoms with Crippen LogP contribution in [0.15, 0.2) is 18.2 Å². The van der Waals surface area contributed by atoms with Crippen LogP contribution in [-0.2, 0) is 4.79 Å². The molecule has 2 rings (SSSR count). The molecule has 1 atom stereocenters. The third-order valence-corrected chi connectivity index (χ3v) is 3.45. The molecule has 1 aromatic carbocycles. The molecule has 1 aliphatic heterocycles. The summed E-state index contributed by atoms with van der Waals surface area (Å²) in [6.45, 7) is 1.57. The monoisotopic (exact) mass is 317 g/mol. The highest BCUT2D eigenvalue weighted by Crippen LogP contribution is 2.22. The average Bonchev–Trinajstić information content (AvgIpc) is 2.92. The molecule has 1 unspecified atom stereocenters. The number of anilines is 1. The van der Waals surface area contributed by atoms with E-state index in [4.69, 9.17) is 11.6 Å². The van der Waals surface area contributed by atoms with Crippen molar-refractivity contribution in [3.8, 4) is 0 Å². The van der Waals surface area contributed by atoms with Crippen molar-refractivity contribution in [1.82, 2.24) is 10.6 Å². The van der Waals surface area contributed by atoms with E-state index in [1.807, 2.05) is 0 Å². The lowest BCUT2D eigenvalue weighted by Gasteiger charge is -2.11. The fourth-order valence-electron chi connectivity index (χ4n) is 2.03. The van der Waals surface area contributed by atoms with Crippen molar-refractivity contribution in [2.24, 2.45) is 5.92 Å². The number of carbonyl (C=O) groups excluding carboxylic acids is 2. The first-order valence-corrected chi connectivity index (χ1v) is 6.53. The third kappa shape index (κ3) is 3.85. The van der Waals surface area contributed by atoms with Crippen LogP contribution in [0.3, 0.4) is 0 Å². The first-order chi connectivity index (χ1) is 9.11. The molecule has 0 radical (unpaired) electrons. The van der Waals surface area contributed by atoms with Gasteiger partial charge in [0.2, 0.25) is 5.91 Å². The average molecular weight is 318 g/mol. The Kier molecular flexibility index (Phi) is 6.26. The van der Waals surface area contributed by atoms with E-state index in [1.165, 1.54) is 0 Å². The predicted octanol–water partition coefficient (Wildman–Crippen LogP) is 1.67. The van der Waals surface area contributed by atoms with Gasteiger partial charge in [0.1, 0.15) is 0 Å². The van der Waals surface area contributed by atoms with Gasteiger partial charge >= 0.3 is 0 Å². The van der Waals surface area contributed by atoms with E-state index in [-0.39, 0.29) is 30.1 Å². The number of nitrogens with one attached hydrogen (secondary N) is 3. The van der Waals surface area contributed by atoms with Crippen molar-refractivity contribution < 1.29 is 9.59 Å². The Morgan fingerprint density at radius 3 is 2.70 bits per heavy atom. The largest absolute Gasteiger partial charge is 0.355 e. The molecule has 0 aromatic heterocycles. The van der Waals surface area contributed by atoms with E-state index in [9.17, 15) is 9.59 Å². The molecule has 20 heavy (non-hydrogen) atoms. The van der Waals surface area contributed by atoms with Gasteiger partial charge in [-0.05, 0) is 31.2 Å². The fourth-order valence-corrected chi connectivity index (χ4v) is 2.30. The Morgan fingerprint density at radius 1 is 1.40 bits per heavy atom. The predicted molar refractivity (Wildman–Crippen MR) is 81.7 cm³/mol. The van der Waals surface area contributed by atoms with E-state index < -0.39 is 0 Å². The normalized spacial score (nSPS) is 17.2. The summed E-state index contributed by atoms with van der Waals surface area (Å²) in [7, 11) is 1.54. The highest BCUT2D eigenvalue weighted by molar-refractivity contribution is 6.34. The molecule has 110 valence electrons. The number of hydrogen-bond donors (Lipinski definition) is 3. The van der Waals surface area contributed by atoms with Gasteiger partial charge in [-0.2, -0.15) is 0 Å².